The van der Waals surface area contributed by atoms with Crippen LogP contribution >= 0.6 is 0 Å². The summed E-state index contributed by atoms with van der Waals surface area (Å²) in [6.07, 6.45) is 7.45. The lowest BCUT2D eigenvalue weighted by atomic mass is 10.0. The molecule has 0 radical (unpaired) electrons. The molecular weight excluding hydrogens is 328 g/mol. The van der Waals surface area contributed by atoms with Crippen LogP contribution in [0, 0.1) is 11.8 Å². The average Bonchev–Trinajstić information content (AvgIpc) is 3.41. The van der Waals surface area contributed by atoms with Gasteiger partial charge in [-0.3, -0.25) is 4.99 Å². The van der Waals surface area contributed by atoms with Crippen molar-refractivity contribution in [3.05, 3.63) is 0 Å². The topological polar surface area (TPSA) is 58.1 Å². The number of aliphatic imine (C=N–C) groups is 1. The van der Waals surface area contributed by atoms with E-state index in [4.69, 9.17) is 14.5 Å². The van der Waals surface area contributed by atoms with E-state index in [0.717, 1.165) is 83.2 Å². The summed E-state index contributed by atoms with van der Waals surface area (Å²) in [5.41, 5.74) is 0. The molecule has 2 N–H and O–H groups in total. The predicted molar refractivity (Wildman–Crippen MR) is 106 cm³/mol. The van der Waals surface area contributed by atoms with E-state index in [2.05, 4.69) is 22.5 Å². The van der Waals surface area contributed by atoms with Gasteiger partial charge in [0.05, 0.1) is 0 Å². The predicted octanol–water partition coefficient (Wildman–Crippen LogP) is 1.86. The van der Waals surface area contributed by atoms with Crippen molar-refractivity contribution < 1.29 is 9.47 Å². The van der Waals surface area contributed by atoms with Crippen molar-refractivity contribution in [1.29, 1.82) is 0 Å². The van der Waals surface area contributed by atoms with Crippen molar-refractivity contribution in [1.82, 2.24) is 15.5 Å². The van der Waals surface area contributed by atoms with E-state index in [9.17, 15) is 0 Å². The Kier molecular flexibility index (Phi) is 8.49. The highest BCUT2D eigenvalue weighted by atomic mass is 16.5. The molecule has 1 unspecified atom stereocenters. The Labute approximate surface area is 159 Å². The van der Waals surface area contributed by atoms with Crippen molar-refractivity contribution in [2.24, 2.45) is 16.8 Å². The maximum absolute atomic E-state index is 5.83. The molecule has 0 amide bonds. The van der Waals surface area contributed by atoms with Crippen LogP contribution in [0.4, 0.5) is 0 Å². The summed E-state index contributed by atoms with van der Waals surface area (Å²) < 4.78 is 11.2. The molecule has 3 aliphatic rings. The molecule has 3 rings (SSSR count). The summed E-state index contributed by atoms with van der Waals surface area (Å²) in [4.78, 5) is 7.48. The zero-order valence-corrected chi connectivity index (χ0v) is 16.5. The van der Waals surface area contributed by atoms with Crippen LogP contribution in [0.2, 0.25) is 0 Å². The third-order valence-corrected chi connectivity index (χ3v) is 5.68. The molecule has 1 atom stereocenters. The van der Waals surface area contributed by atoms with Crippen LogP contribution < -0.4 is 10.6 Å². The molecule has 150 valence electrons. The standard InChI is InChI=1S/C20H38N4O2/c1-2-21-20(23-14-18-6-10-24(15-18)19-4-5-19)22-9-3-11-26-16-17-7-12-25-13-8-17/h17-19H,2-16H2,1H3,(H2,21,22,23). The SMILES string of the molecule is CCNC(=NCC1CCN(C2CC2)C1)NCCCOCC1CCOCC1. The molecule has 0 bridgehead atoms. The minimum atomic E-state index is 0.692. The van der Waals surface area contributed by atoms with Gasteiger partial charge in [-0.1, -0.05) is 0 Å². The Morgan fingerprint density at radius 2 is 1.96 bits per heavy atom. The molecule has 2 aliphatic heterocycles. The second kappa shape index (κ2) is 11.1. The van der Waals surface area contributed by atoms with Gasteiger partial charge < -0.3 is 25.0 Å². The largest absolute Gasteiger partial charge is 0.381 e. The third-order valence-electron chi connectivity index (χ3n) is 5.68. The van der Waals surface area contributed by atoms with E-state index in [1.54, 1.807) is 0 Å². The van der Waals surface area contributed by atoms with Crippen molar-refractivity contribution in [2.75, 3.05) is 59.2 Å². The first-order chi connectivity index (χ1) is 12.8. The molecule has 1 saturated carbocycles. The van der Waals surface area contributed by atoms with Gasteiger partial charge in [0, 0.05) is 58.6 Å². The number of likely N-dealkylation sites (tertiary alicyclic amines) is 1. The minimum Gasteiger partial charge on any atom is -0.381 e. The van der Waals surface area contributed by atoms with Crippen LogP contribution in [-0.4, -0.2) is 76.1 Å². The molecule has 3 fully saturated rings. The minimum absolute atomic E-state index is 0.692. The Morgan fingerprint density at radius 1 is 1.12 bits per heavy atom. The van der Waals surface area contributed by atoms with E-state index in [0.29, 0.717) is 5.92 Å². The maximum Gasteiger partial charge on any atom is 0.191 e. The molecule has 6 nitrogen and oxygen atoms in total. The lowest BCUT2D eigenvalue weighted by Crippen LogP contribution is -2.38. The van der Waals surface area contributed by atoms with Gasteiger partial charge in [-0.2, -0.15) is 0 Å². The maximum atomic E-state index is 5.83. The monoisotopic (exact) mass is 366 g/mol. The van der Waals surface area contributed by atoms with Crippen LogP contribution in [-0.2, 0) is 9.47 Å². The fourth-order valence-electron chi connectivity index (χ4n) is 3.89. The Bertz CT molecular complexity index is 422. The van der Waals surface area contributed by atoms with Crippen LogP contribution in [0.5, 0.6) is 0 Å². The normalized spacial score (nSPS) is 25.6. The summed E-state index contributed by atoms with van der Waals surface area (Å²) in [5.74, 6) is 2.38. The fraction of sp³-hybridized carbons (Fsp3) is 0.950. The summed E-state index contributed by atoms with van der Waals surface area (Å²) in [6.45, 7) is 10.9. The van der Waals surface area contributed by atoms with E-state index < -0.39 is 0 Å². The molecule has 6 heteroatoms. The number of rotatable bonds is 10. The van der Waals surface area contributed by atoms with Gasteiger partial charge in [-0.05, 0) is 63.8 Å². The Balaban J connectivity index is 1.25. The zero-order valence-electron chi connectivity index (χ0n) is 16.5. The van der Waals surface area contributed by atoms with Crippen LogP contribution in [0.15, 0.2) is 4.99 Å². The van der Waals surface area contributed by atoms with E-state index in [-0.39, 0.29) is 0 Å². The highest BCUT2D eigenvalue weighted by Crippen LogP contribution is 2.31. The molecular formula is C20H38N4O2. The summed E-state index contributed by atoms with van der Waals surface area (Å²) in [5, 5.41) is 6.82. The van der Waals surface area contributed by atoms with Crippen molar-refractivity contribution in [3.8, 4) is 0 Å². The summed E-state index contributed by atoms with van der Waals surface area (Å²) in [7, 11) is 0. The second-order valence-corrected chi connectivity index (χ2v) is 8.01. The van der Waals surface area contributed by atoms with Crippen molar-refractivity contribution in [2.45, 2.75) is 51.5 Å². The first-order valence-electron chi connectivity index (χ1n) is 10.8. The number of nitrogens with zero attached hydrogens (tertiary/aromatic N) is 2. The van der Waals surface area contributed by atoms with Crippen LogP contribution in [0.25, 0.3) is 0 Å². The molecule has 0 aromatic rings. The second-order valence-electron chi connectivity index (χ2n) is 8.01. The number of ether oxygens (including phenoxy) is 2. The molecule has 0 aromatic heterocycles. The van der Waals surface area contributed by atoms with E-state index >= 15 is 0 Å². The highest BCUT2D eigenvalue weighted by molar-refractivity contribution is 5.79. The van der Waals surface area contributed by atoms with Crippen LogP contribution in [0.1, 0.15) is 45.4 Å². The highest BCUT2D eigenvalue weighted by Gasteiger charge is 2.34. The lowest BCUT2D eigenvalue weighted by Gasteiger charge is -2.21. The Hall–Kier alpha value is -0.850. The first-order valence-corrected chi connectivity index (χ1v) is 10.8. The number of hydrogen-bond donors (Lipinski definition) is 2. The van der Waals surface area contributed by atoms with Gasteiger partial charge in [-0.25, -0.2) is 0 Å². The number of guanidine groups is 1. The molecule has 26 heavy (non-hydrogen) atoms. The lowest BCUT2D eigenvalue weighted by molar-refractivity contribution is 0.0203. The van der Waals surface area contributed by atoms with E-state index in [1.165, 1.54) is 32.4 Å². The zero-order chi connectivity index (χ0) is 18.0. The van der Waals surface area contributed by atoms with Gasteiger partial charge in [0.25, 0.3) is 0 Å². The van der Waals surface area contributed by atoms with E-state index in [1.807, 2.05) is 0 Å². The van der Waals surface area contributed by atoms with Gasteiger partial charge in [0.15, 0.2) is 5.96 Å². The molecule has 1 aliphatic carbocycles. The molecule has 0 spiro atoms. The van der Waals surface area contributed by atoms with Crippen molar-refractivity contribution >= 4 is 5.96 Å². The number of hydrogen-bond acceptors (Lipinski definition) is 4. The average molecular weight is 367 g/mol. The van der Waals surface area contributed by atoms with Gasteiger partial charge >= 0.3 is 0 Å². The summed E-state index contributed by atoms with van der Waals surface area (Å²) >= 11 is 0. The van der Waals surface area contributed by atoms with Gasteiger partial charge in [-0.15, -0.1) is 0 Å². The van der Waals surface area contributed by atoms with Crippen LogP contribution in [0.3, 0.4) is 0 Å². The van der Waals surface area contributed by atoms with Crippen molar-refractivity contribution in [3.63, 3.8) is 0 Å². The number of nitrogens with one attached hydrogen (secondary N) is 2. The van der Waals surface area contributed by atoms with Gasteiger partial charge in [0.1, 0.15) is 0 Å². The molecule has 2 saturated heterocycles. The first kappa shape index (κ1) is 19.9. The fourth-order valence-corrected chi connectivity index (χ4v) is 3.89. The third kappa shape index (κ3) is 7.05. The molecule has 2 heterocycles. The smallest absolute Gasteiger partial charge is 0.191 e. The van der Waals surface area contributed by atoms with Gasteiger partial charge in [0.2, 0.25) is 0 Å². The Morgan fingerprint density at radius 3 is 2.73 bits per heavy atom. The summed E-state index contributed by atoms with van der Waals surface area (Å²) in [6, 6.07) is 0.900. The molecule has 0 aromatic carbocycles. The quantitative estimate of drug-likeness (QED) is 0.351.